The van der Waals surface area contributed by atoms with Crippen molar-refractivity contribution in [3.05, 3.63) is 0 Å². The van der Waals surface area contributed by atoms with Gasteiger partial charge in [0.2, 0.25) is 5.78 Å². The van der Waals surface area contributed by atoms with Crippen LogP contribution in [0.4, 0.5) is 0 Å². The summed E-state index contributed by atoms with van der Waals surface area (Å²) in [5.41, 5.74) is 0. The Kier molecular flexibility index (Phi) is 4.46. The van der Waals surface area contributed by atoms with E-state index in [1.54, 1.807) is 0 Å². The molecule has 0 amide bonds. The van der Waals surface area contributed by atoms with Crippen molar-refractivity contribution in [3.63, 3.8) is 0 Å². The molecule has 1 saturated carbocycles. The van der Waals surface area contributed by atoms with Crippen LogP contribution in [0.3, 0.4) is 0 Å². The van der Waals surface area contributed by atoms with Gasteiger partial charge in [0.1, 0.15) is 0 Å². The lowest BCUT2D eigenvalue weighted by Gasteiger charge is -2.19. The van der Waals surface area contributed by atoms with Crippen LogP contribution in [0.2, 0.25) is 0 Å². The van der Waals surface area contributed by atoms with E-state index in [1.165, 1.54) is 0 Å². The highest BCUT2D eigenvalue weighted by Gasteiger charge is 2.26. The monoisotopic (exact) mass is 212 g/mol. The van der Waals surface area contributed by atoms with Crippen LogP contribution >= 0.6 is 0 Å². The maximum atomic E-state index is 11.6. The van der Waals surface area contributed by atoms with Crippen LogP contribution in [0.25, 0.3) is 0 Å². The lowest BCUT2D eigenvalue weighted by Crippen LogP contribution is -2.26. The highest BCUT2D eigenvalue weighted by molar-refractivity contribution is 6.38. The zero-order chi connectivity index (χ0) is 11.3. The molecule has 0 bridgehead atoms. The maximum absolute atomic E-state index is 11.6. The molecular weight excluding hydrogens is 196 g/mol. The number of aliphatic carboxylic acids is 1. The molecule has 0 heterocycles. The third-order valence-corrected chi connectivity index (χ3v) is 2.82. The first-order valence-corrected chi connectivity index (χ1v) is 5.40. The zero-order valence-electron chi connectivity index (χ0n) is 8.70. The summed E-state index contributed by atoms with van der Waals surface area (Å²) in [6, 6.07) is 0. The summed E-state index contributed by atoms with van der Waals surface area (Å²) in [5.74, 6) is -2.03. The van der Waals surface area contributed by atoms with E-state index in [4.69, 9.17) is 5.11 Å². The Bertz CT molecular complexity index is 264. The van der Waals surface area contributed by atoms with Gasteiger partial charge in [-0.25, -0.2) is 0 Å². The van der Waals surface area contributed by atoms with Gasteiger partial charge in [-0.05, 0) is 12.8 Å². The predicted octanol–water partition coefficient (Wildman–Crippen LogP) is 1.57. The summed E-state index contributed by atoms with van der Waals surface area (Å²) < 4.78 is 0. The largest absolute Gasteiger partial charge is 0.481 e. The van der Waals surface area contributed by atoms with Crippen molar-refractivity contribution in [2.75, 3.05) is 0 Å². The molecule has 4 heteroatoms. The van der Waals surface area contributed by atoms with Crippen molar-refractivity contribution < 1.29 is 19.5 Å². The number of rotatable bonds is 5. The van der Waals surface area contributed by atoms with Gasteiger partial charge in [0.25, 0.3) is 0 Å². The van der Waals surface area contributed by atoms with Gasteiger partial charge in [-0.15, -0.1) is 0 Å². The molecule has 1 fully saturated rings. The second kappa shape index (κ2) is 5.63. The van der Waals surface area contributed by atoms with E-state index < -0.39 is 11.8 Å². The number of ketones is 2. The smallest absolute Gasteiger partial charge is 0.303 e. The van der Waals surface area contributed by atoms with Gasteiger partial charge in [0, 0.05) is 12.3 Å². The molecule has 0 aromatic heterocycles. The molecule has 0 atom stereocenters. The van der Waals surface area contributed by atoms with Crippen molar-refractivity contribution in [2.24, 2.45) is 5.92 Å². The van der Waals surface area contributed by atoms with Crippen LogP contribution in [0, 0.1) is 5.92 Å². The molecule has 0 aromatic rings. The molecule has 1 aliphatic carbocycles. The number of hydrogen-bond donors (Lipinski definition) is 1. The first-order chi connectivity index (χ1) is 7.11. The van der Waals surface area contributed by atoms with Gasteiger partial charge in [0.05, 0.1) is 6.42 Å². The minimum Gasteiger partial charge on any atom is -0.481 e. The minimum absolute atomic E-state index is 0.139. The number of carboxylic acid groups (broad SMARTS) is 1. The van der Waals surface area contributed by atoms with Gasteiger partial charge >= 0.3 is 5.97 Å². The Balaban J connectivity index is 2.37. The highest BCUT2D eigenvalue weighted by Crippen LogP contribution is 2.24. The molecule has 1 aliphatic rings. The number of carbonyl (C=O) groups excluding carboxylic acids is 2. The molecule has 1 rings (SSSR count). The first kappa shape index (κ1) is 11.9. The third-order valence-electron chi connectivity index (χ3n) is 2.82. The van der Waals surface area contributed by atoms with E-state index in [0.29, 0.717) is 0 Å². The summed E-state index contributed by atoms with van der Waals surface area (Å²) in [6.45, 7) is 0. The van der Waals surface area contributed by atoms with Crippen molar-refractivity contribution in [3.8, 4) is 0 Å². The Hall–Kier alpha value is -1.19. The van der Waals surface area contributed by atoms with Crippen LogP contribution < -0.4 is 0 Å². The molecule has 0 radical (unpaired) electrons. The van der Waals surface area contributed by atoms with Gasteiger partial charge in [-0.2, -0.15) is 0 Å². The summed E-state index contributed by atoms with van der Waals surface area (Å²) in [7, 11) is 0. The molecule has 0 aliphatic heterocycles. The lowest BCUT2D eigenvalue weighted by molar-refractivity contribution is -0.142. The quantitative estimate of drug-likeness (QED) is 0.702. The normalized spacial score (nSPS) is 17.3. The van der Waals surface area contributed by atoms with Crippen molar-refractivity contribution in [2.45, 2.75) is 44.9 Å². The second-order valence-electron chi connectivity index (χ2n) is 4.02. The summed E-state index contributed by atoms with van der Waals surface area (Å²) in [4.78, 5) is 33.1. The van der Waals surface area contributed by atoms with Gasteiger partial charge in [-0.3, -0.25) is 14.4 Å². The van der Waals surface area contributed by atoms with Gasteiger partial charge < -0.3 is 5.11 Å². The maximum Gasteiger partial charge on any atom is 0.303 e. The third kappa shape index (κ3) is 3.81. The van der Waals surface area contributed by atoms with Gasteiger partial charge in [-0.1, -0.05) is 19.3 Å². The molecular formula is C11H16O4. The number of carboxylic acids is 1. The fourth-order valence-electron chi connectivity index (χ4n) is 1.94. The van der Waals surface area contributed by atoms with Crippen LogP contribution in [-0.2, 0) is 14.4 Å². The Morgan fingerprint density at radius 1 is 1.00 bits per heavy atom. The van der Waals surface area contributed by atoms with Crippen LogP contribution in [0.15, 0.2) is 0 Å². The Morgan fingerprint density at radius 3 is 2.13 bits per heavy atom. The average molecular weight is 212 g/mol. The zero-order valence-corrected chi connectivity index (χ0v) is 8.70. The number of hydrogen-bond acceptors (Lipinski definition) is 3. The summed E-state index contributed by atoms with van der Waals surface area (Å²) >= 11 is 0. The summed E-state index contributed by atoms with van der Waals surface area (Å²) in [5, 5.41) is 8.39. The highest BCUT2D eigenvalue weighted by atomic mass is 16.4. The fraction of sp³-hybridized carbons (Fsp3) is 0.727. The molecule has 1 N–H and O–H groups in total. The van der Waals surface area contributed by atoms with Crippen LogP contribution in [-0.4, -0.2) is 22.6 Å². The summed E-state index contributed by atoms with van der Waals surface area (Å²) in [6.07, 6.45) is 4.33. The molecule has 0 aromatic carbocycles. The number of carbonyl (C=O) groups is 3. The van der Waals surface area contributed by atoms with E-state index in [0.717, 1.165) is 32.1 Å². The average Bonchev–Trinajstić information content (AvgIpc) is 2.26. The van der Waals surface area contributed by atoms with Gasteiger partial charge in [0.15, 0.2) is 5.78 Å². The second-order valence-corrected chi connectivity index (χ2v) is 4.02. The first-order valence-electron chi connectivity index (χ1n) is 5.40. The lowest BCUT2D eigenvalue weighted by atomic mass is 9.84. The predicted molar refractivity (Wildman–Crippen MR) is 53.5 cm³/mol. The molecule has 0 unspecified atom stereocenters. The molecule has 4 nitrogen and oxygen atoms in total. The van der Waals surface area contributed by atoms with E-state index in [9.17, 15) is 14.4 Å². The molecule has 84 valence electrons. The minimum atomic E-state index is -1.03. The van der Waals surface area contributed by atoms with Crippen LogP contribution in [0.1, 0.15) is 44.9 Å². The van der Waals surface area contributed by atoms with Crippen molar-refractivity contribution in [1.29, 1.82) is 0 Å². The standard InChI is InChI=1S/C11H16O4/c12-9(6-7-10(13)14)11(15)8-4-2-1-3-5-8/h8H,1-7H2,(H,13,14). The topological polar surface area (TPSA) is 71.4 Å². The van der Waals surface area contributed by atoms with Crippen molar-refractivity contribution in [1.82, 2.24) is 0 Å². The van der Waals surface area contributed by atoms with Crippen molar-refractivity contribution >= 4 is 17.5 Å². The Morgan fingerprint density at radius 2 is 1.60 bits per heavy atom. The number of Topliss-reactive ketones (excluding diaryl/α,β-unsaturated/α-hetero) is 2. The molecule has 0 spiro atoms. The van der Waals surface area contributed by atoms with Crippen LogP contribution in [0.5, 0.6) is 0 Å². The van der Waals surface area contributed by atoms with E-state index in [1.807, 2.05) is 0 Å². The van der Waals surface area contributed by atoms with E-state index in [-0.39, 0.29) is 24.5 Å². The SMILES string of the molecule is O=C(O)CCC(=O)C(=O)C1CCCCC1. The Labute approximate surface area is 88.7 Å². The fourth-order valence-corrected chi connectivity index (χ4v) is 1.94. The molecule has 15 heavy (non-hydrogen) atoms. The molecule has 0 saturated heterocycles. The van der Waals surface area contributed by atoms with E-state index >= 15 is 0 Å². The van der Waals surface area contributed by atoms with E-state index in [2.05, 4.69) is 0 Å².